The van der Waals surface area contributed by atoms with Crippen LogP contribution in [0.2, 0.25) is 0 Å². The molecule has 1 aliphatic heterocycles. The lowest BCUT2D eigenvalue weighted by molar-refractivity contribution is -0.122. The molecule has 0 fully saturated rings. The van der Waals surface area contributed by atoms with E-state index in [0.717, 1.165) is 18.5 Å². The van der Waals surface area contributed by atoms with Crippen LogP contribution in [0.15, 0.2) is 42.5 Å². The highest BCUT2D eigenvalue weighted by atomic mass is 16.5. The Morgan fingerprint density at radius 3 is 2.76 bits per heavy atom. The number of benzene rings is 2. The zero-order valence-electron chi connectivity index (χ0n) is 20.1. The molecule has 1 N–H and O–H groups in total. The summed E-state index contributed by atoms with van der Waals surface area (Å²) < 4.78 is 11.2. The Labute approximate surface area is 200 Å². The molecule has 0 aromatic heterocycles. The Kier molecular flexibility index (Phi) is 9.04. The number of carbonyl (C=O) groups is 3. The molecule has 3 rings (SSSR count). The predicted octanol–water partition coefficient (Wildman–Crippen LogP) is 2.69. The van der Waals surface area contributed by atoms with E-state index in [4.69, 9.17) is 9.47 Å². The van der Waals surface area contributed by atoms with Crippen molar-refractivity contribution in [2.24, 2.45) is 0 Å². The van der Waals surface area contributed by atoms with Gasteiger partial charge in [0.05, 0.1) is 5.69 Å². The number of carbonyl (C=O) groups excluding carboxylic acids is 3. The molecular weight excluding hydrogens is 434 g/mol. The minimum Gasteiger partial charge on any atom is -0.485 e. The second-order valence-electron chi connectivity index (χ2n) is 8.49. The van der Waals surface area contributed by atoms with Crippen molar-refractivity contribution in [2.75, 3.05) is 51.8 Å². The first kappa shape index (κ1) is 25.2. The van der Waals surface area contributed by atoms with Gasteiger partial charge in [-0.25, -0.2) is 0 Å². The molecule has 0 aliphatic carbocycles. The molecule has 0 radical (unpaired) electrons. The molecule has 1 heterocycles. The van der Waals surface area contributed by atoms with E-state index < -0.39 is 0 Å². The average molecular weight is 468 g/mol. The van der Waals surface area contributed by atoms with Gasteiger partial charge in [0, 0.05) is 31.6 Å². The molecule has 8 nitrogen and oxygen atoms in total. The topological polar surface area (TPSA) is 88.2 Å². The van der Waals surface area contributed by atoms with Crippen molar-refractivity contribution in [3.63, 3.8) is 0 Å². The van der Waals surface area contributed by atoms with Crippen molar-refractivity contribution < 1.29 is 23.9 Å². The minimum atomic E-state index is -0.197. The molecule has 0 saturated carbocycles. The fraction of sp³-hybridized carbons (Fsp3) is 0.423. The molecule has 0 spiro atoms. The summed E-state index contributed by atoms with van der Waals surface area (Å²) in [5.41, 5.74) is 2.12. The quantitative estimate of drug-likeness (QED) is 0.483. The summed E-state index contributed by atoms with van der Waals surface area (Å²) in [5, 5.41) is 2.87. The van der Waals surface area contributed by atoms with E-state index in [1.807, 2.05) is 43.3 Å². The van der Waals surface area contributed by atoms with E-state index in [1.165, 1.54) is 0 Å². The van der Waals surface area contributed by atoms with Gasteiger partial charge in [-0.05, 0) is 62.8 Å². The fourth-order valence-electron chi connectivity index (χ4n) is 3.61. The third-order valence-corrected chi connectivity index (χ3v) is 5.57. The van der Waals surface area contributed by atoms with E-state index in [1.54, 1.807) is 23.1 Å². The first-order valence-corrected chi connectivity index (χ1v) is 11.6. The summed E-state index contributed by atoms with van der Waals surface area (Å²) in [5.74, 6) is 0.759. The van der Waals surface area contributed by atoms with Crippen molar-refractivity contribution in [2.45, 2.75) is 26.2 Å². The Morgan fingerprint density at radius 2 is 2.00 bits per heavy atom. The van der Waals surface area contributed by atoms with Gasteiger partial charge in [0.2, 0.25) is 5.91 Å². The Balaban J connectivity index is 1.60. The molecule has 8 heteroatoms. The Hall–Kier alpha value is -3.39. The summed E-state index contributed by atoms with van der Waals surface area (Å²) in [6.45, 7) is 3.62. The third-order valence-electron chi connectivity index (χ3n) is 5.57. The minimum absolute atomic E-state index is 0.0454. The maximum absolute atomic E-state index is 12.8. The second kappa shape index (κ2) is 12.2. The SMILES string of the molecule is CCc1cccc(OCC(=O)c2ccc3c(c2)N(CCCC(=O)NCCN(C)C)C(=O)CO3)c1. The maximum atomic E-state index is 12.8. The lowest BCUT2D eigenvalue weighted by Crippen LogP contribution is -2.40. The average Bonchev–Trinajstić information content (AvgIpc) is 2.83. The summed E-state index contributed by atoms with van der Waals surface area (Å²) in [6, 6.07) is 12.7. The van der Waals surface area contributed by atoms with Crippen LogP contribution < -0.4 is 19.7 Å². The molecule has 0 bridgehead atoms. The molecule has 2 aromatic rings. The first-order valence-electron chi connectivity index (χ1n) is 11.6. The summed E-state index contributed by atoms with van der Waals surface area (Å²) in [4.78, 5) is 40.9. The molecule has 1 aliphatic rings. The van der Waals surface area contributed by atoms with Crippen LogP contribution in [0.25, 0.3) is 0 Å². The monoisotopic (exact) mass is 467 g/mol. The van der Waals surface area contributed by atoms with E-state index in [0.29, 0.717) is 48.7 Å². The number of rotatable bonds is 12. The number of Topliss-reactive ketones (excluding diaryl/α,β-unsaturated/α-hetero) is 1. The standard InChI is InChI=1S/C26H33N3O5/c1-4-19-7-5-8-21(15-19)33-17-23(30)20-10-11-24-22(16-20)29(26(32)18-34-24)13-6-9-25(31)27-12-14-28(2)3/h5,7-8,10-11,15-16H,4,6,9,12-14,17-18H2,1-3H3,(H,27,31). The zero-order chi connectivity index (χ0) is 24.5. The molecule has 0 atom stereocenters. The largest absolute Gasteiger partial charge is 0.485 e. The van der Waals surface area contributed by atoms with Gasteiger partial charge in [-0.1, -0.05) is 19.1 Å². The van der Waals surface area contributed by atoms with Gasteiger partial charge >= 0.3 is 0 Å². The van der Waals surface area contributed by atoms with Gasteiger partial charge in [0.15, 0.2) is 19.0 Å². The van der Waals surface area contributed by atoms with Crippen molar-refractivity contribution in [3.05, 3.63) is 53.6 Å². The van der Waals surface area contributed by atoms with Crippen LogP contribution in [-0.4, -0.2) is 69.4 Å². The van der Waals surface area contributed by atoms with E-state index >= 15 is 0 Å². The molecule has 34 heavy (non-hydrogen) atoms. The third kappa shape index (κ3) is 7.05. The fourth-order valence-corrected chi connectivity index (χ4v) is 3.61. The van der Waals surface area contributed by atoms with Crippen LogP contribution in [0.4, 0.5) is 5.69 Å². The molecule has 182 valence electrons. The Bertz CT molecular complexity index is 1020. The molecule has 0 unspecified atom stereocenters. The van der Waals surface area contributed by atoms with Crippen LogP contribution in [0.1, 0.15) is 35.7 Å². The number of hydrogen-bond acceptors (Lipinski definition) is 6. The molecule has 2 amide bonds. The van der Waals surface area contributed by atoms with Crippen LogP contribution in [0.5, 0.6) is 11.5 Å². The number of fused-ring (bicyclic) bond motifs is 1. The Morgan fingerprint density at radius 1 is 1.18 bits per heavy atom. The van der Waals surface area contributed by atoms with Gasteiger partial charge in [-0.3, -0.25) is 14.4 Å². The zero-order valence-corrected chi connectivity index (χ0v) is 20.1. The smallest absolute Gasteiger partial charge is 0.265 e. The number of ether oxygens (including phenoxy) is 2. The highest BCUT2D eigenvalue weighted by Gasteiger charge is 2.26. The number of aryl methyl sites for hydroxylation is 1. The number of nitrogens with one attached hydrogen (secondary N) is 1. The van der Waals surface area contributed by atoms with Crippen molar-refractivity contribution in [1.82, 2.24) is 10.2 Å². The van der Waals surface area contributed by atoms with E-state index in [-0.39, 0.29) is 30.8 Å². The maximum Gasteiger partial charge on any atom is 0.265 e. The van der Waals surface area contributed by atoms with E-state index in [2.05, 4.69) is 12.2 Å². The van der Waals surface area contributed by atoms with Crippen LogP contribution >= 0.6 is 0 Å². The van der Waals surface area contributed by atoms with Gasteiger partial charge in [0.25, 0.3) is 5.91 Å². The first-order chi connectivity index (χ1) is 16.4. The molecule has 0 saturated heterocycles. The summed E-state index contributed by atoms with van der Waals surface area (Å²) in [6.07, 6.45) is 1.71. The normalized spacial score (nSPS) is 12.8. The van der Waals surface area contributed by atoms with Gasteiger partial charge in [0.1, 0.15) is 11.5 Å². The van der Waals surface area contributed by atoms with Crippen molar-refractivity contribution in [1.29, 1.82) is 0 Å². The molecular formula is C26H33N3O5. The van der Waals surface area contributed by atoms with Gasteiger partial charge < -0.3 is 24.6 Å². The number of hydrogen-bond donors (Lipinski definition) is 1. The summed E-state index contributed by atoms with van der Waals surface area (Å²) >= 11 is 0. The van der Waals surface area contributed by atoms with Gasteiger partial charge in [-0.2, -0.15) is 0 Å². The highest BCUT2D eigenvalue weighted by molar-refractivity contribution is 6.02. The van der Waals surface area contributed by atoms with Crippen LogP contribution in [-0.2, 0) is 16.0 Å². The number of likely N-dealkylation sites (N-methyl/N-ethyl adjacent to an activating group) is 1. The van der Waals surface area contributed by atoms with Gasteiger partial charge in [-0.15, -0.1) is 0 Å². The lowest BCUT2D eigenvalue weighted by atomic mass is 10.1. The number of nitrogens with zero attached hydrogens (tertiary/aromatic N) is 2. The van der Waals surface area contributed by atoms with Crippen LogP contribution in [0, 0.1) is 0 Å². The highest BCUT2D eigenvalue weighted by Crippen LogP contribution is 2.33. The number of amides is 2. The molecule has 2 aromatic carbocycles. The number of anilines is 1. The van der Waals surface area contributed by atoms with Crippen LogP contribution in [0.3, 0.4) is 0 Å². The van der Waals surface area contributed by atoms with Crippen molar-refractivity contribution in [3.8, 4) is 11.5 Å². The van der Waals surface area contributed by atoms with Crippen molar-refractivity contribution >= 4 is 23.3 Å². The van der Waals surface area contributed by atoms with E-state index in [9.17, 15) is 14.4 Å². The second-order valence-corrected chi connectivity index (χ2v) is 8.49. The summed E-state index contributed by atoms with van der Waals surface area (Å²) in [7, 11) is 3.89. The predicted molar refractivity (Wildman–Crippen MR) is 131 cm³/mol. The lowest BCUT2D eigenvalue weighted by Gasteiger charge is -2.29. The number of ketones is 1.